The molecule has 0 fully saturated rings. The fraction of sp³-hybridized carbons (Fsp3) is 0.333. The molecule has 4 heteroatoms. The molecule has 0 unspecified atom stereocenters. The zero-order chi connectivity index (χ0) is 12.1. The second-order valence-corrected chi connectivity index (χ2v) is 3.54. The maximum Gasteiger partial charge on any atom is 0.337 e. The molecule has 1 aromatic carbocycles. The highest BCUT2D eigenvalue weighted by molar-refractivity contribution is 6.18. The van der Waals surface area contributed by atoms with Gasteiger partial charge in [-0.15, -0.1) is 11.6 Å². The van der Waals surface area contributed by atoms with Crippen molar-refractivity contribution in [3.05, 3.63) is 34.9 Å². The van der Waals surface area contributed by atoms with Gasteiger partial charge >= 0.3 is 5.97 Å². The quantitative estimate of drug-likeness (QED) is 0.462. The smallest absolute Gasteiger partial charge is 0.337 e. The van der Waals surface area contributed by atoms with Crippen LogP contribution in [0.25, 0.3) is 0 Å². The number of rotatable bonds is 4. The van der Waals surface area contributed by atoms with E-state index < -0.39 is 5.97 Å². The van der Waals surface area contributed by atoms with Gasteiger partial charge in [-0.1, -0.05) is 13.0 Å². The summed E-state index contributed by atoms with van der Waals surface area (Å²) in [5.74, 6) is -0.208. The molecule has 86 valence electrons. The predicted octanol–water partition coefficient (Wildman–Crippen LogP) is 2.80. The first-order valence-corrected chi connectivity index (χ1v) is 5.47. The predicted molar refractivity (Wildman–Crippen MR) is 62.0 cm³/mol. The molecule has 0 saturated heterocycles. The summed E-state index contributed by atoms with van der Waals surface area (Å²) in [6.07, 6.45) is 0.418. The molecule has 0 saturated carbocycles. The zero-order valence-corrected chi connectivity index (χ0v) is 10.0. The van der Waals surface area contributed by atoms with Crippen molar-refractivity contribution in [1.82, 2.24) is 0 Å². The molecular formula is C12H13ClO3. The van der Waals surface area contributed by atoms with Crippen molar-refractivity contribution in [3.63, 3.8) is 0 Å². The molecule has 3 nitrogen and oxygen atoms in total. The summed E-state index contributed by atoms with van der Waals surface area (Å²) < 4.78 is 4.60. The van der Waals surface area contributed by atoms with Crippen LogP contribution < -0.4 is 0 Å². The number of hydrogen-bond acceptors (Lipinski definition) is 3. The minimum atomic E-state index is -0.429. The fourth-order valence-corrected chi connectivity index (χ4v) is 1.63. The third kappa shape index (κ3) is 2.61. The van der Waals surface area contributed by atoms with Crippen molar-refractivity contribution in [3.8, 4) is 0 Å². The standard InChI is InChI=1S/C12H13ClO3/c1-3-11(14)10-5-4-8(12(15)16-2)6-9(10)7-13/h4-6H,3,7H2,1-2H3. The van der Waals surface area contributed by atoms with Gasteiger partial charge in [0.25, 0.3) is 0 Å². The van der Waals surface area contributed by atoms with E-state index in [2.05, 4.69) is 4.74 Å². The van der Waals surface area contributed by atoms with Crippen molar-refractivity contribution >= 4 is 23.4 Å². The Hall–Kier alpha value is -1.35. The van der Waals surface area contributed by atoms with Crippen LogP contribution in [0, 0.1) is 0 Å². The summed E-state index contributed by atoms with van der Waals surface area (Å²) in [5.41, 5.74) is 1.65. The van der Waals surface area contributed by atoms with E-state index >= 15 is 0 Å². The van der Waals surface area contributed by atoms with Crippen LogP contribution in [0.1, 0.15) is 39.6 Å². The highest BCUT2D eigenvalue weighted by Crippen LogP contribution is 2.17. The number of hydrogen-bond donors (Lipinski definition) is 0. The molecule has 0 aliphatic rings. The van der Waals surface area contributed by atoms with Gasteiger partial charge < -0.3 is 4.74 Å². The molecule has 1 aromatic rings. The summed E-state index contributed by atoms with van der Waals surface area (Å²) in [4.78, 5) is 22.9. The van der Waals surface area contributed by atoms with Gasteiger partial charge in [-0.05, 0) is 17.7 Å². The van der Waals surface area contributed by atoms with Gasteiger partial charge in [0.1, 0.15) is 0 Å². The van der Waals surface area contributed by atoms with Crippen molar-refractivity contribution in [2.75, 3.05) is 7.11 Å². The third-order valence-electron chi connectivity index (χ3n) is 2.29. The Morgan fingerprint density at radius 3 is 2.56 bits per heavy atom. The normalized spacial score (nSPS) is 9.94. The SMILES string of the molecule is CCC(=O)c1ccc(C(=O)OC)cc1CCl. The summed E-state index contributed by atoms with van der Waals surface area (Å²) in [6, 6.07) is 4.79. The Balaban J connectivity index is 3.16. The van der Waals surface area contributed by atoms with Crippen LogP contribution in [-0.2, 0) is 10.6 Å². The topological polar surface area (TPSA) is 43.4 Å². The van der Waals surface area contributed by atoms with Gasteiger partial charge in [-0.2, -0.15) is 0 Å². The lowest BCUT2D eigenvalue weighted by molar-refractivity contribution is 0.0600. The summed E-state index contributed by atoms with van der Waals surface area (Å²) >= 11 is 5.75. The number of ether oxygens (including phenoxy) is 1. The maximum atomic E-state index is 11.6. The molecular weight excluding hydrogens is 228 g/mol. The molecule has 0 atom stereocenters. The van der Waals surface area contributed by atoms with E-state index in [1.165, 1.54) is 7.11 Å². The van der Waals surface area contributed by atoms with Gasteiger partial charge in [-0.25, -0.2) is 4.79 Å². The number of halogens is 1. The molecule has 1 rings (SSSR count). The van der Waals surface area contributed by atoms with Crippen LogP contribution in [0.5, 0.6) is 0 Å². The van der Waals surface area contributed by atoms with Gasteiger partial charge in [0.05, 0.1) is 12.7 Å². The van der Waals surface area contributed by atoms with Gasteiger partial charge in [0.2, 0.25) is 0 Å². The van der Waals surface area contributed by atoms with Gasteiger partial charge in [-0.3, -0.25) is 4.79 Å². The van der Waals surface area contributed by atoms with E-state index in [1.54, 1.807) is 25.1 Å². The minimum absolute atomic E-state index is 0.0204. The first kappa shape index (κ1) is 12.7. The highest BCUT2D eigenvalue weighted by Gasteiger charge is 2.12. The lowest BCUT2D eigenvalue weighted by Gasteiger charge is -2.07. The number of carbonyl (C=O) groups excluding carboxylic acids is 2. The Labute approximate surface area is 99.4 Å². The number of carbonyl (C=O) groups is 2. The molecule has 0 radical (unpaired) electrons. The molecule has 0 bridgehead atoms. The number of benzene rings is 1. The number of Topliss-reactive ketones (excluding diaryl/α,β-unsaturated/α-hetero) is 1. The van der Waals surface area contributed by atoms with Crippen LogP contribution in [0.4, 0.5) is 0 Å². The Morgan fingerprint density at radius 2 is 2.06 bits per heavy atom. The summed E-state index contributed by atoms with van der Waals surface area (Å²) in [7, 11) is 1.31. The number of ketones is 1. The van der Waals surface area contributed by atoms with E-state index in [1.807, 2.05) is 0 Å². The number of methoxy groups -OCH3 is 1. The number of esters is 1. The van der Waals surface area contributed by atoms with E-state index in [0.29, 0.717) is 23.1 Å². The lowest BCUT2D eigenvalue weighted by Crippen LogP contribution is -2.06. The first-order chi connectivity index (χ1) is 7.63. The van der Waals surface area contributed by atoms with Crippen molar-refractivity contribution in [1.29, 1.82) is 0 Å². The van der Waals surface area contributed by atoms with Gasteiger partial charge in [0.15, 0.2) is 5.78 Å². The van der Waals surface area contributed by atoms with Crippen molar-refractivity contribution < 1.29 is 14.3 Å². The molecule has 0 heterocycles. The Kier molecular flexibility index (Phi) is 4.50. The van der Waals surface area contributed by atoms with Crippen LogP contribution in [0.15, 0.2) is 18.2 Å². The second kappa shape index (κ2) is 5.66. The average Bonchev–Trinajstić information content (AvgIpc) is 2.35. The molecule has 0 spiro atoms. The molecule has 16 heavy (non-hydrogen) atoms. The molecule has 0 aliphatic carbocycles. The van der Waals surface area contributed by atoms with Crippen LogP contribution in [0.2, 0.25) is 0 Å². The average molecular weight is 241 g/mol. The van der Waals surface area contributed by atoms with E-state index in [4.69, 9.17) is 11.6 Å². The second-order valence-electron chi connectivity index (χ2n) is 3.27. The Bertz CT molecular complexity index is 413. The van der Waals surface area contributed by atoms with Crippen LogP contribution >= 0.6 is 11.6 Å². The number of alkyl halides is 1. The first-order valence-electron chi connectivity index (χ1n) is 4.94. The monoisotopic (exact) mass is 240 g/mol. The molecule has 0 aromatic heterocycles. The van der Waals surface area contributed by atoms with E-state index in [9.17, 15) is 9.59 Å². The fourth-order valence-electron chi connectivity index (χ4n) is 1.41. The molecule has 0 aliphatic heterocycles. The van der Waals surface area contributed by atoms with E-state index in [-0.39, 0.29) is 11.7 Å². The largest absolute Gasteiger partial charge is 0.465 e. The minimum Gasteiger partial charge on any atom is -0.465 e. The maximum absolute atomic E-state index is 11.6. The Morgan fingerprint density at radius 1 is 1.38 bits per heavy atom. The third-order valence-corrected chi connectivity index (χ3v) is 2.58. The lowest BCUT2D eigenvalue weighted by atomic mass is 10.0. The van der Waals surface area contributed by atoms with Crippen LogP contribution in [-0.4, -0.2) is 18.9 Å². The zero-order valence-electron chi connectivity index (χ0n) is 9.25. The summed E-state index contributed by atoms with van der Waals surface area (Å²) in [6.45, 7) is 1.79. The summed E-state index contributed by atoms with van der Waals surface area (Å²) in [5, 5.41) is 0. The van der Waals surface area contributed by atoms with Crippen molar-refractivity contribution in [2.24, 2.45) is 0 Å². The van der Waals surface area contributed by atoms with Crippen LogP contribution in [0.3, 0.4) is 0 Å². The van der Waals surface area contributed by atoms with Gasteiger partial charge in [0, 0.05) is 17.9 Å². The van der Waals surface area contributed by atoms with Crippen molar-refractivity contribution in [2.45, 2.75) is 19.2 Å². The molecule has 0 N–H and O–H groups in total. The highest BCUT2D eigenvalue weighted by atomic mass is 35.5. The van der Waals surface area contributed by atoms with E-state index in [0.717, 1.165) is 0 Å². The molecule has 0 amide bonds.